The van der Waals surface area contributed by atoms with Gasteiger partial charge in [-0.15, -0.1) is 12.4 Å². The van der Waals surface area contributed by atoms with Crippen LogP contribution in [0.5, 0.6) is 5.75 Å². The summed E-state index contributed by atoms with van der Waals surface area (Å²) in [6, 6.07) is 14.9. The summed E-state index contributed by atoms with van der Waals surface area (Å²) in [6.45, 7) is 1.57. The van der Waals surface area contributed by atoms with Crippen molar-refractivity contribution in [1.82, 2.24) is 4.90 Å². The molecule has 2 aromatic carbocycles. The second kappa shape index (κ2) is 9.35. The van der Waals surface area contributed by atoms with E-state index in [9.17, 15) is 4.79 Å². The van der Waals surface area contributed by atoms with Gasteiger partial charge in [0.15, 0.2) is 5.17 Å². The summed E-state index contributed by atoms with van der Waals surface area (Å²) in [5.41, 5.74) is 1.64. The highest BCUT2D eigenvalue weighted by atomic mass is 35.5. The first-order chi connectivity index (χ1) is 12.5. The Morgan fingerprint density at radius 3 is 2.63 bits per heavy atom. The van der Waals surface area contributed by atoms with E-state index in [1.165, 1.54) is 0 Å². The predicted molar refractivity (Wildman–Crippen MR) is 116 cm³/mol. The fraction of sp³-hybridized carbons (Fsp3) is 0.263. The van der Waals surface area contributed by atoms with Gasteiger partial charge in [0.05, 0.1) is 12.8 Å². The van der Waals surface area contributed by atoms with Crippen LogP contribution in [0.2, 0.25) is 5.02 Å². The Bertz CT molecular complexity index is 830. The Labute approximate surface area is 174 Å². The van der Waals surface area contributed by atoms with Crippen LogP contribution in [0.4, 0.5) is 11.4 Å². The summed E-state index contributed by atoms with van der Waals surface area (Å²) in [5, 5.41) is 1.51. The van der Waals surface area contributed by atoms with Crippen LogP contribution in [0.3, 0.4) is 0 Å². The fourth-order valence-electron chi connectivity index (χ4n) is 2.80. The first kappa shape index (κ1) is 21.4. The number of anilines is 1. The van der Waals surface area contributed by atoms with Crippen molar-refractivity contribution < 1.29 is 9.53 Å². The number of amides is 1. The van der Waals surface area contributed by atoms with Crippen LogP contribution in [-0.2, 0) is 4.79 Å². The molecular formula is C19H21Cl2N3O2S. The number of halogens is 2. The molecule has 0 N–H and O–H groups in total. The standard InChI is InChI=1S/C19H20ClN3O2S.ClH/c1-13(24)23(16-9-7-14(20)8-10-16)18-12-26-19(22(18)2)21-15-5-4-6-17(11-15)25-3;/h4-11,18H,12H2,1-3H3;1H. The van der Waals surface area contributed by atoms with Crippen molar-refractivity contribution in [2.45, 2.75) is 13.1 Å². The maximum absolute atomic E-state index is 12.3. The van der Waals surface area contributed by atoms with Crippen molar-refractivity contribution in [2.75, 3.05) is 24.8 Å². The Kier molecular flexibility index (Phi) is 7.41. The Balaban J connectivity index is 0.00000261. The molecule has 1 atom stereocenters. The molecule has 0 aliphatic carbocycles. The topological polar surface area (TPSA) is 45.1 Å². The Hall–Kier alpha value is -1.89. The molecule has 0 aromatic heterocycles. The van der Waals surface area contributed by atoms with E-state index in [1.54, 1.807) is 42.8 Å². The lowest BCUT2D eigenvalue weighted by Crippen LogP contribution is -2.48. The van der Waals surface area contributed by atoms with Crippen LogP contribution in [0, 0.1) is 0 Å². The molecule has 1 amide bonds. The average molecular weight is 426 g/mol. The van der Waals surface area contributed by atoms with E-state index in [1.807, 2.05) is 48.3 Å². The fourth-order valence-corrected chi connectivity index (χ4v) is 4.10. The minimum absolute atomic E-state index is 0. The first-order valence-electron chi connectivity index (χ1n) is 8.13. The number of thioether (sulfide) groups is 1. The molecule has 1 saturated heterocycles. The van der Waals surface area contributed by atoms with Gasteiger partial charge in [0.25, 0.3) is 0 Å². The van der Waals surface area contributed by atoms with Crippen molar-refractivity contribution in [3.63, 3.8) is 0 Å². The van der Waals surface area contributed by atoms with Gasteiger partial charge < -0.3 is 9.64 Å². The molecule has 1 fully saturated rings. The summed E-state index contributed by atoms with van der Waals surface area (Å²) in [5.74, 6) is 1.48. The Morgan fingerprint density at radius 1 is 1.30 bits per heavy atom. The zero-order chi connectivity index (χ0) is 18.7. The number of rotatable bonds is 4. The van der Waals surface area contributed by atoms with Crippen molar-refractivity contribution in [3.8, 4) is 5.75 Å². The molecule has 1 unspecified atom stereocenters. The highest BCUT2D eigenvalue weighted by molar-refractivity contribution is 8.14. The van der Waals surface area contributed by atoms with Crippen molar-refractivity contribution in [1.29, 1.82) is 0 Å². The van der Waals surface area contributed by atoms with Gasteiger partial charge in [-0.2, -0.15) is 0 Å². The van der Waals surface area contributed by atoms with E-state index >= 15 is 0 Å². The van der Waals surface area contributed by atoms with Gasteiger partial charge in [0.1, 0.15) is 11.9 Å². The number of hydrogen-bond acceptors (Lipinski definition) is 4. The lowest BCUT2D eigenvalue weighted by Gasteiger charge is -2.32. The molecule has 0 spiro atoms. The van der Waals surface area contributed by atoms with E-state index in [0.717, 1.165) is 28.0 Å². The van der Waals surface area contributed by atoms with Crippen LogP contribution in [-0.4, -0.2) is 42.1 Å². The highest BCUT2D eigenvalue weighted by Crippen LogP contribution is 2.31. The van der Waals surface area contributed by atoms with Gasteiger partial charge in [-0.1, -0.05) is 29.4 Å². The van der Waals surface area contributed by atoms with Gasteiger partial charge in [-0.25, -0.2) is 4.99 Å². The van der Waals surface area contributed by atoms with E-state index in [4.69, 9.17) is 21.3 Å². The number of carbonyl (C=O) groups is 1. The number of hydrogen-bond donors (Lipinski definition) is 0. The number of methoxy groups -OCH3 is 1. The largest absolute Gasteiger partial charge is 0.497 e. The molecule has 0 bridgehead atoms. The van der Waals surface area contributed by atoms with Crippen molar-refractivity contribution in [2.24, 2.45) is 4.99 Å². The normalized spacial score (nSPS) is 17.6. The van der Waals surface area contributed by atoms with Gasteiger partial charge >= 0.3 is 0 Å². The second-order valence-electron chi connectivity index (χ2n) is 5.86. The van der Waals surface area contributed by atoms with Gasteiger partial charge in [-0.05, 0) is 36.4 Å². The van der Waals surface area contributed by atoms with Crippen LogP contribution >= 0.6 is 35.8 Å². The molecule has 144 valence electrons. The molecule has 0 saturated carbocycles. The third-order valence-electron chi connectivity index (χ3n) is 4.13. The minimum Gasteiger partial charge on any atom is -0.497 e. The van der Waals surface area contributed by atoms with Crippen LogP contribution < -0.4 is 9.64 Å². The summed E-state index contributed by atoms with van der Waals surface area (Å²) < 4.78 is 5.25. The third kappa shape index (κ3) is 4.89. The number of amidine groups is 1. The quantitative estimate of drug-likeness (QED) is 0.704. The predicted octanol–water partition coefficient (Wildman–Crippen LogP) is 4.82. The maximum Gasteiger partial charge on any atom is 0.225 e. The van der Waals surface area contributed by atoms with Crippen molar-refractivity contribution >= 4 is 58.2 Å². The van der Waals surface area contributed by atoms with E-state index in [-0.39, 0.29) is 24.5 Å². The molecule has 2 aromatic rings. The minimum atomic E-state index is -0.108. The van der Waals surface area contributed by atoms with Crippen LogP contribution in [0.15, 0.2) is 53.5 Å². The zero-order valence-electron chi connectivity index (χ0n) is 15.3. The molecule has 27 heavy (non-hydrogen) atoms. The lowest BCUT2D eigenvalue weighted by molar-refractivity contribution is -0.117. The highest BCUT2D eigenvalue weighted by Gasteiger charge is 2.34. The molecule has 1 aliphatic rings. The smallest absolute Gasteiger partial charge is 0.225 e. The number of nitrogens with zero attached hydrogens (tertiary/aromatic N) is 3. The number of carbonyl (C=O) groups excluding carboxylic acids is 1. The molecule has 3 rings (SSSR count). The molecule has 1 aliphatic heterocycles. The number of benzene rings is 2. The summed E-state index contributed by atoms with van der Waals surface area (Å²) in [6.07, 6.45) is -0.108. The number of aliphatic imine (C=N–C) groups is 1. The number of ether oxygens (including phenoxy) is 1. The van der Waals surface area contributed by atoms with Crippen LogP contribution in [0.1, 0.15) is 6.92 Å². The zero-order valence-corrected chi connectivity index (χ0v) is 17.6. The monoisotopic (exact) mass is 425 g/mol. The molecule has 8 heteroatoms. The summed E-state index contributed by atoms with van der Waals surface area (Å²) in [4.78, 5) is 20.8. The van der Waals surface area contributed by atoms with E-state index < -0.39 is 0 Å². The van der Waals surface area contributed by atoms with Gasteiger partial charge in [0, 0.05) is 36.5 Å². The van der Waals surface area contributed by atoms with Crippen molar-refractivity contribution in [3.05, 3.63) is 53.6 Å². The molecular weight excluding hydrogens is 405 g/mol. The molecule has 5 nitrogen and oxygen atoms in total. The summed E-state index contributed by atoms with van der Waals surface area (Å²) >= 11 is 7.60. The molecule has 1 heterocycles. The maximum atomic E-state index is 12.3. The van der Waals surface area contributed by atoms with Gasteiger partial charge in [0.2, 0.25) is 5.91 Å². The van der Waals surface area contributed by atoms with E-state index in [2.05, 4.69) is 0 Å². The SMILES string of the molecule is COc1cccc(N=C2SCC(N(C(C)=O)c3ccc(Cl)cc3)N2C)c1.Cl. The lowest BCUT2D eigenvalue weighted by atomic mass is 10.2. The second-order valence-corrected chi connectivity index (χ2v) is 7.29. The Morgan fingerprint density at radius 2 is 2.00 bits per heavy atom. The first-order valence-corrected chi connectivity index (χ1v) is 9.49. The summed E-state index contributed by atoms with van der Waals surface area (Å²) in [7, 11) is 3.59. The van der Waals surface area contributed by atoms with Crippen LogP contribution in [0.25, 0.3) is 0 Å². The third-order valence-corrected chi connectivity index (χ3v) is 5.48. The average Bonchev–Trinajstić information content (AvgIpc) is 2.97. The molecule has 0 radical (unpaired) electrons. The van der Waals surface area contributed by atoms with Gasteiger partial charge in [-0.3, -0.25) is 9.69 Å². The van der Waals surface area contributed by atoms with E-state index in [0.29, 0.717) is 5.02 Å².